The lowest BCUT2D eigenvalue weighted by Gasteiger charge is -2.13. The zero-order valence-electron chi connectivity index (χ0n) is 15.9. The SMILES string of the molecule is C=CCOc1c(I)cc(C=C2SC(=Nc3cccc(Cl)c3Cl)NC2=O)cc1OCC. The van der Waals surface area contributed by atoms with Gasteiger partial charge in [-0.15, -0.1) is 0 Å². The number of hydrogen-bond acceptors (Lipinski definition) is 5. The molecule has 1 aliphatic heterocycles. The lowest BCUT2D eigenvalue weighted by atomic mass is 10.2. The molecule has 0 saturated carbocycles. The molecule has 2 aromatic rings. The van der Waals surface area contributed by atoms with Gasteiger partial charge in [0.25, 0.3) is 5.91 Å². The standard InChI is InChI=1S/C21H17Cl2IN2O3S/c1-3-8-29-19-14(24)9-12(10-16(19)28-4-2)11-17-20(27)26-21(30-17)25-15-7-5-6-13(22)18(15)23/h3,5-7,9-11H,1,4,8H2,2H3,(H,25,26,27). The van der Waals surface area contributed by atoms with E-state index in [-0.39, 0.29) is 5.91 Å². The minimum Gasteiger partial charge on any atom is -0.490 e. The van der Waals surface area contributed by atoms with Crippen molar-refractivity contribution >= 4 is 80.4 Å². The number of halogens is 3. The fourth-order valence-corrected chi connectivity index (χ4v) is 4.49. The van der Waals surface area contributed by atoms with Crippen molar-refractivity contribution in [3.63, 3.8) is 0 Å². The van der Waals surface area contributed by atoms with E-state index in [1.807, 2.05) is 19.1 Å². The molecule has 156 valence electrons. The van der Waals surface area contributed by atoms with Crippen LogP contribution in [0.3, 0.4) is 0 Å². The van der Waals surface area contributed by atoms with Gasteiger partial charge in [0.1, 0.15) is 6.61 Å². The fraction of sp³-hybridized carbons (Fsp3) is 0.143. The summed E-state index contributed by atoms with van der Waals surface area (Å²) in [6.45, 7) is 6.44. The van der Waals surface area contributed by atoms with E-state index >= 15 is 0 Å². The van der Waals surface area contributed by atoms with Crippen LogP contribution in [0.2, 0.25) is 10.0 Å². The average Bonchev–Trinajstić information content (AvgIpc) is 3.04. The van der Waals surface area contributed by atoms with E-state index in [2.05, 4.69) is 39.5 Å². The molecule has 1 amide bonds. The van der Waals surface area contributed by atoms with Crippen molar-refractivity contribution in [3.05, 3.63) is 67.1 Å². The molecule has 0 atom stereocenters. The Morgan fingerprint density at radius 3 is 2.83 bits per heavy atom. The number of carbonyl (C=O) groups is 1. The highest BCUT2D eigenvalue weighted by atomic mass is 127. The second-order valence-electron chi connectivity index (χ2n) is 5.92. The largest absolute Gasteiger partial charge is 0.490 e. The van der Waals surface area contributed by atoms with Gasteiger partial charge in [-0.1, -0.05) is 41.9 Å². The van der Waals surface area contributed by atoms with Gasteiger partial charge in [-0.05, 0) is 77.2 Å². The second-order valence-corrected chi connectivity index (χ2v) is 8.90. The van der Waals surface area contributed by atoms with Crippen LogP contribution in [0.4, 0.5) is 5.69 Å². The van der Waals surface area contributed by atoms with Crippen molar-refractivity contribution in [1.82, 2.24) is 5.32 Å². The Kier molecular flexibility index (Phi) is 8.10. The Morgan fingerprint density at radius 1 is 1.30 bits per heavy atom. The Balaban J connectivity index is 1.89. The first-order valence-corrected chi connectivity index (χ1v) is 11.5. The highest BCUT2D eigenvalue weighted by Crippen LogP contribution is 2.37. The van der Waals surface area contributed by atoms with Gasteiger partial charge in [-0.3, -0.25) is 4.79 Å². The first kappa shape index (κ1) is 23.0. The Labute approximate surface area is 202 Å². The molecule has 5 nitrogen and oxygen atoms in total. The Hall–Kier alpha value is -1.68. The summed E-state index contributed by atoms with van der Waals surface area (Å²) < 4.78 is 12.3. The van der Waals surface area contributed by atoms with Crippen LogP contribution < -0.4 is 14.8 Å². The quantitative estimate of drug-likeness (QED) is 0.234. The number of ether oxygens (including phenoxy) is 2. The molecule has 1 N–H and O–H groups in total. The molecule has 2 aromatic carbocycles. The van der Waals surface area contributed by atoms with Gasteiger partial charge in [0.15, 0.2) is 16.7 Å². The monoisotopic (exact) mass is 574 g/mol. The minimum absolute atomic E-state index is 0.239. The average molecular weight is 575 g/mol. The van der Waals surface area contributed by atoms with E-state index in [1.165, 1.54) is 11.8 Å². The molecule has 1 fully saturated rings. The van der Waals surface area contributed by atoms with E-state index in [1.54, 1.807) is 30.4 Å². The maximum atomic E-state index is 12.4. The van der Waals surface area contributed by atoms with Gasteiger partial charge in [-0.25, -0.2) is 4.99 Å². The van der Waals surface area contributed by atoms with E-state index in [0.29, 0.717) is 50.5 Å². The molecule has 30 heavy (non-hydrogen) atoms. The lowest BCUT2D eigenvalue weighted by Crippen LogP contribution is -2.19. The zero-order valence-corrected chi connectivity index (χ0v) is 20.4. The number of thioether (sulfide) groups is 1. The first-order chi connectivity index (χ1) is 14.4. The van der Waals surface area contributed by atoms with Gasteiger partial charge in [0, 0.05) is 0 Å². The zero-order chi connectivity index (χ0) is 21.7. The minimum atomic E-state index is -0.239. The number of carbonyl (C=O) groups excluding carboxylic acids is 1. The summed E-state index contributed by atoms with van der Waals surface area (Å²) >= 11 is 15.6. The predicted octanol–water partition coefficient (Wildman–Crippen LogP) is 6.45. The third-order valence-electron chi connectivity index (χ3n) is 3.78. The number of amides is 1. The van der Waals surface area contributed by atoms with Gasteiger partial charge in [0.2, 0.25) is 0 Å². The molecule has 0 aliphatic carbocycles. The van der Waals surface area contributed by atoms with E-state index < -0.39 is 0 Å². The topological polar surface area (TPSA) is 59.9 Å². The molecule has 0 bridgehead atoms. The van der Waals surface area contributed by atoms with Crippen molar-refractivity contribution in [2.24, 2.45) is 4.99 Å². The van der Waals surface area contributed by atoms with Crippen LogP contribution in [-0.4, -0.2) is 24.3 Å². The summed E-state index contributed by atoms with van der Waals surface area (Å²) in [6.07, 6.45) is 3.46. The van der Waals surface area contributed by atoms with Crippen LogP contribution in [0.1, 0.15) is 12.5 Å². The molecule has 0 radical (unpaired) electrons. The molecule has 1 saturated heterocycles. The summed E-state index contributed by atoms with van der Waals surface area (Å²) in [5, 5.41) is 3.92. The van der Waals surface area contributed by atoms with Gasteiger partial charge >= 0.3 is 0 Å². The number of nitrogens with one attached hydrogen (secondary N) is 1. The molecule has 3 rings (SSSR count). The summed E-state index contributed by atoms with van der Waals surface area (Å²) in [6, 6.07) is 8.92. The molecule has 0 unspecified atom stereocenters. The third-order valence-corrected chi connectivity index (χ3v) is 6.30. The smallest absolute Gasteiger partial charge is 0.264 e. The Bertz CT molecular complexity index is 1060. The van der Waals surface area contributed by atoms with Crippen molar-refractivity contribution < 1.29 is 14.3 Å². The van der Waals surface area contributed by atoms with Crippen molar-refractivity contribution in [1.29, 1.82) is 0 Å². The molecule has 0 spiro atoms. The van der Waals surface area contributed by atoms with Gasteiger partial charge < -0.3 is 14.8 Å². The maximum absolute atomic E-state index is 12.4. The fourth-order valence-electron chi connectivity index (χ4n) is 2.54. The number of benzene rings is 2. The summed E-state index contributed by atoms with van der Waals surface area (Å²) in [5.74, 6) is 1.03. The molecular weight excluding hydrogens is 558 g/mol. The number of aliphatic imine (C=N–C) groups is 1. The van der Waals surface area contributed by atoms with Crippen LogP contribution in [0.5, 0.6) is 11.5 Å². The Morgan fingerprint density at radius 2 is 2.10 bits per heavy atom. The van der Waals surface area contributed by atoms with Crippen LogP contribution in [0.15, 0.2) is 52.9 Å². The highest BCUT2D eigenvalue weighted by Gasteiger charge is 2.24. The van der Waals surface area contributed by atoms with Gasteiger partial charge in [0.05, 0.1) is 30.8 Å². The van der Waals surface area contributed by atoms with Crippen molar-refractivity contribution in [2.45, 2.75) is 6.92 Å². The molecule has 9 heteroatoms. The van der Waals surface area contributed by atoms with Crippen LogP contribution in [0, 0.1) is 3.57 Å². The number of rotatable bonds is 7. The number of hydrogen-bond donors (Lipinski definition) is 1. The van der Waals surface area contributed by atoms with Gasteiger partial charge in [-0.2, -0.15) is 0 Å². The van der Waals surface area contributed by atoms with E-state index in [0.717, 1.165) is 9.13 Å². The number of amidine groups is 1. The lowest BCUT2D eigenvalue weighted by molar-refractivity contribution is -0.115. The number of nitrogens with zero attached hydrogens (tertiary/aromatic N) is 1. The van der Waals surface area contributed by atoms with Crippen LogP contribution in [-0.2, 0) is 4.79 Å². The van der Waals surface area contributed by atoms with Crippen LogP contribution in [0.25, 0.3) is 6.08 Å². The normalized spacial score (nSPS) is 16.1. The molecule has 0 aromatic heterocycles. The predicted molar refractivity (Wildman–Crippen MR) is 133 cm³/mol. The summed E-state index contributed by atoms with van der Waals surface area (Å²) in [5.41, 5.74) is 1.30. The van der Waals surface area contributed by atoms with Crippen molar-refractivity contribution in [3.8, 4) is 11.5 Å². The third kappa shape index (κ3) is 5.51. The first-order valence-electron chi connectivity index (χ1n) is 8.86. The molecule has 1 aliphatic rings. The van der Waals surface area contributed by atoms with E-state index in [4.69, 9.17) is 32.7 Å². The van der Waals surface area contributed by atoms with Crippen LogP contribution >= 0.6 is 57.6 Å². The van der Waals surface area contributed by atoms with E-state index in [9.17, 15) is 4.79 Å². The maximum Gasteiger partial charge on any atom is 0.264 e. The summed E-state index contributed by atoms with van der Waals surface area (Å²) in [7, 11) is 0. The molecule has 1 heterocycles. The molecular formula is C21H17Cl2IN2O3S. The second kappa shape index (κ2) is 10.6. The highest BCUT2D eigenvalue weighted by molar-refractivity contribution is 14.1. The van der Waals surface area contributed by atoms with Crippen molar-refractivity contribution in [2.75, 3.05) is 13.2 Å². The summed E-state index contributed by atoms with van der Waals surface area (Å²) in [4.78, 5) is 17.3.